The van der Waals surface area contributed by atoms with Crippen LogP contribution in [0.1, 0.15) is 11.1 Å². The van der Waals surface area contributed by atoms with E-state index in [0.29, 0.717) is 15.0 Å². The number of aryl methyl sites for hydroxylation is 1. The van der Waals surface area contributed by atoms with Crippen LogP contribution in [0.4, 0.5) is 0 Å². The van der Waals surface area contributed by atoms with E-state index in [4.69, 9.17) is 4.42 Å². The van der Waals surface area contributed by atoms with Crippen molar-refractivity contribution in [1.29, 1.82) is 0 Å². The minimum atomic E-state index is 0.161. The Bertz CT molecular complexity index is 1330. The summed E-state index contributed by atoms with van der Waals surface area (Å²) in [5, 5.41) is 1.15. The molecule has 0 amide bonds. The second-order valence-electron chi connectivity index (χ2n) is 8.13. The van der Waals surface area contributed by atoms with Gasteiger partial charge in [0.1, 0.15) is 0 Å². The number of hydrogen-bond donors (Lipinski definition) is 0. The van der Waals surface area contributed by atoms with Gasteiger partial charge < -0.3 is 0 Å². The van der Waals surface area contributed by atoms with Crippen molar-refractivity contribution in [1.82, 2.24) is 0 Å². The first kappa shape index (κ1) is 23.0. The average molecular weight is 572 g/mol. The molecule has 0 N–H and O–H groups in total. The third-order valence-electron chi connectivity index (χ3n) is 5.64. The third kappa shape index (κ3) is 5.46. The van der Waals surface area contributed by atoms with Gasteiger partial charge in [-0.2, -0.15) is 0 Å². The van der Waals surface area contributed by atoms with Crippen LogP contribution in [0.5, 0.6) is 0 Å². The van der Waals surface area contributed by atoms with Crippen molar-refractivity contribution in [2.24, 2.45) is 0 Å². The molecule has 0 fully saturated rings. The fourth-order valence-corrected chi connectivity index (χ4v) is 8.07. The van der Waals surface area contributed by atoms with E-state index in [1.54, 1.807) is 0 Å². The molecular formula is C31H26OSe2. The zero-order valence-corrected chi connectivity index (χ0v) is 22.5. The molecule has 168 valence electrons. The van der Waals surface area contributed by atoms with Gasteiger partial charge in [0.2, 0.25) is 0 Å². The number of benzene rings is 4. The fraction of sp³-hybridized carbons (Fsp3) is 0.0968. The van der Waals surface area contributed by atoms with Crippen molar-refractivity contribution < 1.29 is 4.42 Å². The summed E-state index contributed by atoms with van der Waals surface area (Å²) in [5.74, 6) is 2.07. The maximum atomic E-state index is 6.76. The maximum absolute atomic E-state index is 6.76. The average Bonchev–Trinajstić information content (AvgIpc) is 3.24. The van der Waals surface area contributed by atoms with Gasteiger partial charge in [0.15, 0.2) is 0 Å². The molecule has 0 aliphatic rings. The Morgan fingerprint density at radius 1 is 0.588 bits per heavy atom. The van der Waals surface area contributed by atoms with E-state index in [1.165, 1.54) is 30.1 Å². The Morgan fingerprint density at radius 3 is 1.79 bits per heavy atom. The van der Waals surface area contributed by atoms with Gasteiger partial charge in [0.25, 0.3) is 0 Å². The summed E-state index contributed by atoms with van der Waals surface area (Å²) in [5.41, 5.74) is 4.97. The summed E-state index contributed by atoms with van der Waals surface area (Å²) in [6.07, 6.45) is 1.03. The molecule has 0 aliphatic carbocycles. The Balaban J connectivity index is 1.59. The fourth-order valence-electron chi connectivity index (χ4n) is 3.90. The molecular weight excluding hydrogens is 546 g/mol. The van der Waals surface area contributed by atoms with Crippen LogP contribution in [0.15, 0.2) is 120 Å². The number of furan rings is 1. The molecule has 0 aliphatic heterocycles. The van der Waals surface area contributed by atoms with Crippen molar-refractivity contribution in [2.45, 2.75) is 18.7 Å². The molecule has 1 nitrogen and oxygen atoms in total. The van der Waals surface area contributed by atoms with Crippen molar-refractivity contribution in [3.05, 3.63) is 126 Å². The van der Waals surface area contributed by atoms with Crippen molar-refractivity contribution >= 4 is 43.3 Å². The number of hydrogen-bond acceptors (Lipinski definition) is 1. The summed E-state index contributed by atoms with van der Waals surface area (Å²) in [4.78, 5) is 0. The summed E-state index contributed by atoms with van der Waals surface area (Å²) in [6, 6.07) is 41.1. The number of rotatable bonds is 8. The van der Waals surface area contributed by atoms with E-state index < -0.39 is 0 Å². The van der Waals surface area contributed by atoms with Crippen LogP contribution >= 0.6 is 0 Å². The molecule has 0 bridgehead atoms. The molecule has 5 aromatic rings. The molecule has 0 atom stereocenters. The summed E-state index contributed by atoms with van der Waals surface area (Å²) < 4.78 is 11.0. The monoisotopic (exact) mass is 574 g/mol. The molecule has 5 rings (SSSR count). The van der Waals surface area contributed by atoms with Gasteiger partial charge in [-0.25, -0.2) is 0 Å². The first-order chi connectivity index (χ1) is 16.8. The molecule has 34 heavy (non-hydrogen) atoms. The van der Waals surface area contributed by atoms with Crippen molar-refractivity contribution in [3.63, 3.8) is 0 Å². The van der Waals surface area contributed by atoms with Gasteiger partial charge in [-0.15, -0.1) is 0 Å². The quantitative estimate of drug-likeness (QED) is 0.222. The van der Waals surface area contributed by atoms with Crippen molar-refractivity contribution in [2.75, 3.05) is 0 Å². The molecule has 0 unspecified atom stereocenters. The van der Waals surface area contributed by atoms with Gasteiger partial charge in [-0.05, 0) is 0 Å². The topological polar surface area (TPSA) is 13.1 Å². The molecule has 0 saturated carbocycles. The van der Waals surface area contributed by atoms with E-state index in [9.17, 15) is 0 Å². The first-order valence-corrected chi connectivity index (χ1v) is 15.2. The van der Waals surface area contributed by atoms with Crippen molar-refractivity contribution in [3.8, 4) is 22.6 Å². The van der Waals surface area contributed by atoms with E-state index in [-0.39, 0.29) is 15.0 Å². The van der Waals surface area contributed by atoms with E-state index in [2.05, 4.69) is 122 Å². The van der Waals surface area contributed by atoms with E-state index in [0.717, 1.165) is 28.8 Å². The predicted octanol–water partition coefficient (Wildman–Crippen LogP) is 5.57. The molecule has 1 heterocycles. The van der Waals surface area contributed by atoms with Crippen LogP contribution < -0.4 is 13.4 Å². The van der Waals surface area contributed by atoms with E-state index in [1.807, 2.05) is 0 Å². The van der Waals surface area contributed by atoms with Gasteiger partial charge in [0.05, 0.1) is 0 Å². The minimum absolute atomic E-state index is 0.161. The second kappa shape index (κ2) is 11.1. The van der Waals surface area contributed by atoms with Crippen LogP contribution in [0.2, 0.25) is 5.32 Å². The summed E-state index contributed by atoms with van der Waals surface area (Å²) >= 11 is 0.598. The van der Waals surface area contributed by atoms with Gasteiger partial charge in [0, 0.05) is 0 Å². The Labute approximate surface area is 214 Å². The van der Waals surface area contributed by atoms with Gasteiger partial charge in [-0.1, -0.05) is 0 Å². The standard InChI is InChI=1S/C31H26OSe2/c1-23-17-19-25(20-18-23)29-28(21-22-33-26-13-7-3-8-14-26)31(34-27-15-9-4-10-16-27)30(32-29)24-11-5-2-6-12-24/h2-20H,21-22H2,1H3. The Morgan fingerprint density at radius 2 is 1.15 bits per heavy atom. The van der Waals surface area contributed by atoms with E-state index >= 15 is 0 Å². The van der Waals surface area contributed by atoms with Crippen LogP contribution in [0.25, 0.3) is 22.6 Å². The third-order valence-corrected chi connectivity index (χ3v) is 10.2. The Kier molecular flexibility index (Phi) is 7.49. The summed E-state index contributed by atoms with van der Waals surface area (Å²) in [7, 11) is 0. The normalized spacial score (nSPS) is 11.0. The molecule has 0 spiro atoms. The van der Waals surface area contributed by atoms with Gasteiger partial charge in [-0.3, -0.25) is 0 Å². The first-order valence-electron chi connectivity index (χ1n) is 11.5. The predicted molar refractivity (Wildman–Crippen MR) is 146 cm³/mol. The molecule has 4 aromatic carbocycles. The molecule has 0 saturated heterocycles. The molecule has 3 heteroatoms. The second-order valence-corrected chi connectivity index (χ2v) is 12.9. The van der Waals surface area contributed by atoms with Crippen LogP contribution in [0, 0.1) is 6.92 Å². The van der Waals surface area contributed by atoms with Gasteiger partial charge >= 0.3 is 215 Å². The van der Waals surface area contributed by atoms with Crippen LogP contribution in [-0.2, 0) is 6.42 Å². The zero-order chi connectivity index (χ0) is 23.2. The van der Waals surface area contributed by atoms with Crippen LogP contribution in [0.3, 0.4) is 0 Å². The Hall–Kier alpha value is -2.80. The summed E-state index contributed by atoms with van der Waals surface area (Å²) in [6.45, 7) is 2.13. The zero-order valence-electron chi connectivity index (χ0n) is 19.1. The molecule has 0 radical (unpaired) electrons. The van der Waals surface area contributed by atoms with Crippen LogP contribution in [-0.4, -0.2) is 29.9 Å². The molecule has 1 aromatic heterocycles. The SMILES string of the molecule is Cc1ccc(-c2oc(-c3ccccc3)c([Se]c3ccccc3)c2CC[Se]c2ccccc2)cc1.